The molecule has 1 saturated heterocycles. The molecular formula is C15H20FN3O. The van der Waals surface area contributed by atoms with Crippen molar-refractivity contribution >= 4 is 5.69 Å². The van der Waals surface area contributed by atoms with Gasteiger partial charge in [0, 0.05) is 31.2 Å². The molecule has 4 nitrogen and oxygen atoms in total. The third-order valence-corrected chi connectivity index (χ3v) is 3.05. The zero-order chi connectivity index (χ0) is 14.4. The van der Waals surface area contributed by atoms with Crippen molar-refractivity contribution in [2.75, 3.05) is 31.2 Å². The maximum absolute atomic E-state index is 13.7. The first-order valence-electron chi connectivity index (χ1n) is 6.94. The van der Waals surface area contributed by atoms with E-state index >= 15 is 0 Å². The summed E-state index contributed by atoms with van der Waals surface area (Å²) in [6.45, 7) is 6.98. The van der Waals surface area contributed by atoms with E-state index in [2.05, 4.69) is 9.88 Å². The van der Waals surface area contributed by atoms with Crippen molar-refractivity contribution in [2.24, 2.45) is 0 Å². The van der Waals surface area contributed by atoms with E-state index < -0.39 is 0 Å². The molecule has 2 heterocycles. The minimum atomic E-state index is -0.234. The second-order valence-corrected chi connectivity index (χ2v) is 4.24. The zero-order valence-electron chi connectivity index (χ0n) is 11.9. The van der Waals surface area contributed by atoms with Gasteiger partial charge in [-0.15, -0.1) is 0 Å². The molecular weight excluding hydrogens is 257 g/mol. The third kappa shape index (κ3) is 3.36. The minimum absolute atomic E-state index is 0.234. The lowest BCUT2D eigenvalue weighted by Crippen LogP contribution is -2.36. The van der Waals surface area contributed by atoms with Gasteiger partial charge < -0.3 is 14.2 Å². The number of aromatic nitrogens is 2. The fourth-order valence-electron chi connectivity index (χ4n) is 2.12. The van der Waals surface area contributed by atoms with Gasteiger partial charge in [0.2, 0.25) is 0 Å². The predicted octanol–water partition coefficient (Wildman–Crippen LogP) is 2.87. The Balaban J connectivity index is 0.000000704. The average molecular weight is 277 g/mol. The third-order valence-electron chi connectivity index (χ3n) is 3.05. The van der Waals surface area contributed by atoms with E-state index in [1.54, 1.807) is 29.4 Å². The number of hydrogen-bond donors (Lipinski definition) is 0. The molecule has 1 aromatic carbocycles. The second-order valence-electron chi connectivity index (χ2n) is 4.24. The number of benzene rings is 1. The van der Waals surface area contributed by atoms with E-state index in [1.165, 1.54) is 6.07 Å². The second kappa shape index (κ2) is 7.05. The highest BCUT2D eigenvalue weighted by Gasteiger charge is 2.13. The molecule has 1 aliphatic heterocycles. The molecule has 108 valence electrons. The Kier molecular flexibility index (Phi) is 5.12. The number of ether oxygens (including phenoxy) is 1. The van der Waals surface area contributed by atoms with Gasteiger partial charge in [-0.3, -0.25) is 0 Å². The van der Waals surface area contributed by atoms with Gasteiger partial charge in [0.1, 0.15) is 5.82 Å². The van der Waals surface area contributed by atoms with Crippen molar-refractivity contribution in [3.05, 3.63) is 42.7 Å². The fourth-order valence-corrected chi connectivity index (χ4v) is 2.12. The molecule has 1 aliphatic rings. The van der Waals surface area contributed by atoms with Crippen LogP contribution in [0.4, 0.5) is 10.1 Å². The van der Waals surface area contributed by atoms with Crippen molar-refractivity contribution in [1.29, 1.82) is 0 Å². The maximum atomic E-state index is 13.7. The van der Waals surface area contributed by atoms with Gasteiger partial charge in [0.25, 0.3) is 0 Å². The Labute approximate surface area is 118 Å². The van der Waals surface area contributed by atoms with Crippen LogP contribution in [0.5, 0.6) is 0 Å². The van der Waals surface area contributed by atoms with Crippen LogP contribution in [0, 0.1) is 5.82 Å². The van der Waals surface area contributed by atoms with Gasteiger partial charge >= 0.3 is 0 Å². The van der Waals surface area contributed by atoms with E-state index in [-0.39, 0.29) is 5.82 Å². The number of morpholine rings is 1. The zero-order valence-corrected chi connectivity index (χ0v) is 11.9. The Morgan fingerprint density at radius 2 is 1.80 bits per heavy atom. The molecule has 2 aromatic rings. The summed E-state index contributed by atoms with van der Waals surface area (Å²) in [5, 5.41) is 0. The Morgan fingerprint density at radius 1 is 1.10 bits per heavy atom. The largest absolute Gasteiger partial charge is 0.378 e. The Morgan fingerprint density at radius 3 is 2.45 bits per heavy atom. The van der Waals surface area contributed by atoms with Gasteiger partial charge in [-0.25, -0.2) is 9.37 Å². The SMILES string of the molecule is CC.Fc1cc(N2CCOCC2)cc(-n2ccnc2)c1. The summed E-state index contributed by atoms with van der Waals surface area (Å²) in [6, 6.07) is 5.04. The van der Waals surface area contributed by atoms with E-state index in [0.29, 0.717) is 13.2 Å². The first kappa shape index (κ1) is 14.5. The van der Waals surface area contributed by atoms with Crippen LogP contribution in [-0.4, -0.2) is 35.9 Å². The maximum Gasteiger partial charge on any atom is 0.127 e. The standard InChI is InChI=1S/C13H14FN3O.C2H6/c14-11-7-12(16-3-5-18-6-4-16)9-13(8-11)17-2-1-15-10-17;1-2/h1-2,7-10H,3-6H2;1-2H3. The molecule has 0 unspecified atom stereocenters. The first-order chi connectivity index (χ1) is 9.83. The molecule has 0 radical (unpaired) electrons. The van der Waals surface area contributed by atoms with E-state index in [4.69, 9.17) is 4.74 Å². The summed E-state index contributed by atoms with van der Waals surface area (Å²) in [6.07, 6.45) is 5.15. The molecule has 5 heteroatoms. The van der Waals surface area contributed by atoms with Crippen molar-refractivity contribution in [2.45, 2.75) is 13.8 Å². The van der Waals surface area contributed by atoms with Gasteiger partial charge in [0.05, 0.1) is 25.2 Å². The molecule has 0 bridgehead atoms. The lowest BCUT2D eigenvalue weighted by atomic mass is 10.2. The topological polar surface area (TPSA) is 30.3 Å². The summed E-state index contributed by atoms with van der Waals surface area (Å²) < 4.78 is 20.8. The number of halogens is 1. The molecule has 20 heavy (non-hydrogen) atoms. The van der Waals surface area contributed by atoms with Crippen LogP contribution in [0.1, 0.15) is 13.8 Å². The predicted molar refractivity (Wildman–Crippen MR) is 77.9 cm³/mol. The molecule has 0 atom stereocenters. The minimum Gasteiger partial charge on any atom is -0.378 e. The Hall–Kier alpha value is -1.88. The summed E-state index contributed by atoms with van der Waals surface area (Å²) in [5.74, 6) is -0.234. The monoisotopic (exact) mass is 277 g/mol. The highest BCUT2D eigenvalue weighted by atomic mass is 19.1. The smallest absolute Gasteiger partial charge is 0.127 e. The van der Waals surface area contributed by atoms with Crippen molar-refractivity contribution < 1.29 is 9.13 Å². The number of rotatable bonds is 2. The fraction of sp³-hybridized carbons (Fsp3) is 0.400. The molecule has 0 saturated carbocycles. The molecule has 0 amide bonds. The van der Waals surface area contributed by atoms with E-state index in [0.717, 1.165) is 24.5 Å². The average Bonchev–Trinajstić information content (AvgIpc) is 3.04. The van der Waals surface area contributed by atoms with Crippen molar-refractivity contribution in [3.8, 4) is 5.69 Å². The Bertz CT molecular complexity index is 522. The first-order valence-corrected chi connectivity index (χ1v) is 6.94. The summed E-state index contributed by atoms with van der Waals surface area (Å²) in [5.41, 5.74) is 1.68. The quantitative estimate of drug-likeness (QED) is 0.845. The van der Waals surface area contributed by atoms with Crippen molar-refractivity contribution in [1.82, 2.24) is 9.55 Å². The number of anilines is 1. The molecule has 0 N–H and O–H groups in total. The van der Waals surface area contributed by atoms with Crippen LogP contribution >= 0.6 is 0 Å². The summed E-state index contributed by atoms with van der Waals surface area (Å²) in [7, 11) is 0. The lowest BCUT2D eigenvalue weighted by Gasteiger charge is -2.29. The van der Waals surface area contributed by atoms with Crippen LogP contribution < -0.4 is 4.90 Å². The molecule has 3 rings (SSSR count). The van der Waals surface area contributed by atoms with Crippen LogP contribution in [-0.2, 0) is 4.74 Å². The van der Waals surface area contributed by atoms with Gasteiger partial charge in [-0.2, -0.15) is 0 Å². The lowest BCUT2D eigenvalue weighted by molar-refractivity contribution is 0.122. The summed E-state index contributed by atoms with van der Waals surface area (Å²) in [4.78, 5) is 6.11. The number of nitrogens with zero attached hydrogens (tertiary/aromatic N) is 3. The van der Waals surface area contributed by atoms with Gasteiger partial charge in [-0.1, -0.05) is 13.8 Å². The highest BCUT2D eigenvalue weighted by molar-refractivity contribution is 5.54. The van der Waals surface area contributed by atoms with Crippen LogP contribution in [0.2, 0.25) is 0 Å². The molecule has 0 aliphatic carbocycles. The van der Waals surface area contributed by atoms with Gasteiger partial charge in [-0.05, 0) is 18.2 Å². The normalized spacial score (nSPS) is 14.7. The summed E-state index contributed by atoms with van der Waals surface area (Å²) >= 11 is 0. The number of imidazole rings is 1. The van der Waals surface area contributed by atoms with Crippen LogP contribution in [0.25, 0.3) is 5.69 Å². The molecule has 0 spiro atoms. The van der Waals surface area contributed by atoms with Crippen LogP contribution in [0.3, 0.4) is 0 Å². The van der Waals surface area contributed by atoms with E-state index in [1.807, 2.05) is 19.9 Å². The number of hydrogen-bond acceptors (Lipinski definition) is 3. The molecule has 1 aromatic heterocycles. The highest BCUT2D eigenvalue weighted by Crippen LogP contribution is 2.22. The van der Waals surface area contributed by atoms with Crippen molar-refractivity contribution in [3.63, 3.8) is 0 Å². The van der Waals surface area contributed by atoms with E-state index in [9.17, 15) is 4.39 Å². The molecule has 1 fully saturated rings. The van der Waals surface area contributed by atoms with Crippen LogP contribution in [0.15, 0.2) is 36.9 Å². The van der Waals surface area contributed by atoms with Gasteiger partial charge in [0.15, 0.2) is 0 Å².